The van der Waals surface area contributed by atoms with Crippen molar-refractivity contribution in [3.05, 3.63) is 65.7 Å². The summed E-state index contributed by atoms with van der Waals surface area (Å²) in [5, 5.41) is 49.2. The Hall–Kier alpha value is -7.63. The van der Waals surface area contributed by atoms with Gasteiger partial charge in [-0.3, -0.25) is 47.9 Å². The summed E-state index contributed by atoms with van der Waals surface area (Å²) in [5.41, 5.74) is 12.5. The highest BCUT2D eigenvalue weighted by Crippen LogP contribution is 2.15. The molecule has 0 radical (unpaired) electrons. The zero-order chi connectivity index (χ0) is 58.1. The van der Waals surface area contributed by atoms with Crippen LogP contribution in [0.15, 0.2) is 54.6 Å². The maximum absolute atomic E-state index is 14.2. The van der Waals surface area contributed by atoms with Gasteiger partial charge in [-0.2, -0.15) is 0 Å². The number of nitrogens with two attached hydrogens (primary N) is 2. The van der Waals surface area contributed by atoms with Crippen LogP contribution in [0, 0.1) is 23.7 Å². The Labute approximate surface area is 449 Å². The third-order valence-corrected chi connectivity index (χ3v) is 11.7. The number of carbonyl (C=O) groups excluding carboxylic acids is 9. The van der Waals surface area contributed by atoms with Crippen LogP contribution < -0.4 is 54.0 Å². The molecule has 24 heteroatoms. The van der Waals surface area contributed by atoms with Gasteiger partial charge in [-0.1, -0.05) is 97.9 Å². The molecule has 0 heterocycles. The van der Waals surface area contributed by atoms with Crippen molar-refractivity contribution in [2.45, 2.75) is 162 Å². The smallest absolute Gasteiger partial charge is 0.326 e. The zero-order valence-corrected chi connectivity index (χ0v) is 45.2. The van der Waals surface area contributed by atoms with E-state index in [4.69, 9.17) is 11.5 Å². The molecule has 0 spiro atoms. The number of nitrogens with one attached hydrogen (secondary N) is 8. The number of aromatic hydroxyl groups is 1. The Kier molecular flexibility index (Phi) is 27.8. The lowest BCUT2D eigenvalue weighted by molar-refractivity contribution is -0.143. The quantitative estimate of drug-likeness (QED) is 0.0440. The van der Waals surface area contributed by atoms with Crippen LogP contribution in [-0.4, -0.2) is 135 Å². The molecule has 0 saturated heterocycles. The van der Waals surface area contributed by atoms with Gasteiger partial charge in [0.1, 0.15) is 48.0 Å². The second-order valence-corrected chi connectivity index (χ2v) is 20.8. The normalized spacial score (nSPS) is 14.4. The lowest BCUT2D eigenvalue weighted by atomic mass is 9.98. The van der Waals surface area contributed by atoms with E-state index < -0.39 is 139 Å². The van der Waals surface area contributed by atoms with Crippen molar-refractivity contribution in [2.24, 2.45) is 35.1 Å². The number of carboxylic acid groups (broad SMARTS) is 2. The summed E-state index contributed by atoms with van der Waals surface area (Å²) < 4.78 is 0. The highest BCUT2D eigenvalue weighted by atomic mass is 16.4. The first-order valence-electron chi connectivity index (χ1n) is 25.7. The molecule has 8 atom stereocenters. The highest BCUT2D eigenvalue weighted by molar-refractivity contribution is 5.98. The third kappa shape index (κ3) is 25.6. The van der Waals surface area contributed by atoms with E-state index in [0.29, 0.717) is 17.5 Å². The number of hydrogen-bond acceptors (Lipinski definition) is 13. The average molecular weight is 1080 g/mol. The molecule has 0 aliphatic heterocycles. The first kappa shape index (κ1) is 65.5. The molecule has 2 aromatic carbocycles. The number of carbonyl (C=O) groups is 11. The van der Waals surface area contributed by atoms with E-state index in [1.807, 2.05) is 27.7 Å². The van der Waals surface area contributed by atoms with Crippen molar-refractivity contribution in [1.29, 1.82) is 0 Å². The molecule has 2 aromatic rings. The second-order valence-electron chi connectivity index (χ2n) is 20.8. The minimum Gasteiger partial charge on any atom is -0.508 e. The number of benzene rings is 2. The number of rotatable bonds is 34. The number of hydrogen-bond donors (Lipinski definition) is 13. The van der Waals surface area contributed by atoms with Crippen LogP contribution in [0.1, 0.15) is 111 Å². The molecule has 77 heavy (non-hydrogen) atoms. The van der Waals surface area contributed by atoms with Crippen molar-refractivity contribution in [1.82, 2.24) is 42.5 Å². The maximum Gasteiger partial charge on any atom is 0.326 e. The van der Waals surface area contributed by atoms with Crippen LogP contribution in [0.2, 0.25) is 0 Å². The van der Waals surface area contributed by atoms with E-state index in [9.17, 15) is 68.1 Å². The lowest BCUT2D eigenvalue weighted by Gasteiger charge is -2.27. The number of phenolic OH excluding ortho intramolecular Hbond substituents is 1. The van der Waals surface area contributed by atoms with E-state index in [2.05, 4.69) is 42.5 Å². The molecule has 0 unspecified atom stereocenters. The third-order valence-electron chi connectivity index (χ3n) is 11.7. The van der Waals surface area contributed by atoms with Crippen molar-refractivity contribution < 1.29 is 68.1 Å². The van der Waals surface area contributed by atoms with E-state index >= 15 is 0 Å². The number of amides is 9. The SMILES string of the molecule is CC(C)C[C@H](NC(=O)[C@H](Cc1ccc(O)cc1)NC(=O)[C@H](Cc1ccccc1)NC(=O)[C@H](CC(N)=O)NC(=O)CNC(=O)[C@H](CCC(=O)O)NC(=O)[C@H](CC(C)C)NC(=O)[C@H](CC(C)C)NC(=O)[C@@H](N)CC(C)C)C(=O)O. The number of carboxylic acids is 2. The fourth-order valence-corrected chi connectivity index (χ4v) is 7.97. The Balaban J connectivity index is 2.37. The van der Waals surface area contributed by atoms with Gasteiger partial charge in [0.2, 0.25) is 53.2 Å². The van der Waals surface area contributed by atoms with Gasteiger partial charge in [0.15, 0.2) is 0 Å². The van der Waals surface area contributed by atoms with Gasteiger partial charge in [0.05, 0.1) is 19.0 Å². The first-order valence-corrected chi connectivity index (χ1v) is 25.7. The van der Waals surface area contributed by atoms with Crippen molar-refractivity contribution in [2.75, 3.05) is 6.54 Å². The summed E-state index contributed by atoms with van der Waals surface area (Å²) in [7, 11) is 0. The zero-order valence-electron chi connectivity index (χ0n) is 45.2. The standard InChI is InChI=1S/C53H80N10O14/c1-28(2)20-35(54)46(69)59-37(21-29(3)4)49(72)60-38(22-30(5)6)48(71)58-36(18-19-45(67)68)47(70)56-27-44(66)57-41(26-43(55)65)52(75)62-39(24-32-12-10-9-11-13-32)50(73)61-40(25-33-14-16-34(64)17-15-33)51(74)63-42(53(76)77)23-31(7)8/h9-17,28-31,35-42,64H,18-27,54H2,1-8H3,(H2,55,65)(H,56,70)(H,57,66)(H,58,71)(H,59,69)(H,60,72)(H,61,73)(H,62,75)(H,63,74)(H,67,68)(H,76,77)/t35-,36-,37-,38-,39-,40-,41-,42-/m0/s1. The molecular weight excluding hydrogens is 1000 g/mol. The van der Waals surface area contributed by atoms with E-state index in [1.165, 1.54) is 24.3 Å². The van der Waals surface area contributed by atoms with Crippen LogP contribution in [0.25, 0.3) is 0 Å². The molecule has 0 fully saturated rings. The Morgan fingerprint density at radius 2 is 0.870 bits per heavy atom. The average Bonchev–Trinajstić information content (AvgIpc) is 3.33. The molecule has 0 aliphatic rings. The van der Waals surface area contributed by atoms with Gasteiger partial charge in [-0.25, -0.2) is 4.79 Å². The summed E-state index contributed by atoms with van der Waals surface area (Å²) in [6.45, 7) is 13.6. The van der Waals surface area contributed by atoms with Gasteiger partial charge in [-0.15, -0.1) is 0 Å². The fourth-order valence-electron chi connectivity index (χ4n) is 7.97. The summed E-state index contributed by atoms with van der Waals surface area (Å²) in [6, 6.07) is 3.17. The summed E-state index contributed by atoms with van der Waals surface area (Å²) in [5.74, 6) is -11.2. The summed E-state index contributed by atoms with van der Waals surface area (Å²) in [6.07, 6.45) is -1.61. The molecular formula is C53H80N10O14. The van der Waals surface area contributed by atoms with Gasteiger partial charge in [-0.05, 0) is 79.0 Å². The van der Waals surface area contributed by atoms with E-state index in [0.717, 1.165) is 0 Å². The van der Waals surface area contributed by atoms with Crippen LogP contribution in [0.3, 0.4) is 0 Å². The summed E-state index contributed by atoms with van der Waals surface area (Å²) in [4.78, 5) is 146. The van der Waals surface area contributed by atoms with Crippen LogP contribution in [0.4, 0.5) is 0 Å². The molecule has 426 valence electrons. The van der Waals surface area contributed by atoms with Crippen molar-refractivity contribution >= 4 is 65.1 Å². The molecule has 9 amide bonds. The molecule has 0 bridgehead atoms. The van der Waals surface area contributed by atoms with Gasteiger partial charge < -0.3 is 69.3 Å². The highest BCUT2D eigenvalue weighted by Gasteiger charge is 2.35. The Morgan fingerprint density at radius 1 is 0.468 bits per heavy atom. The molecule has 0 saturated carbocycles. The van der Waals surface area contributed by atoms with Crippen molar-refractivity contribution in [3.8, 4) is 5.75 Å². The molecule has 0 aromatic heterocycles. The lowest BCUT2D eigenvalue weighted by Crippen LogP contribution is -2.59. The van der Waals surface area contributed by atoms with Gasteiger partial charge in [0.25, 0.3) is 0 Å². The Morgan fingerprint density at radius 3 is 1.32 bits per heavy atom. The second kappa shape index (κ2) is 32.7. The minimum atomic E-state index is -1.76. The van der Waals surface area contributed by atoms with Crippen LogP contribution in [0.5, 0.6) is 5.75 Å². The largest absolute Gasteiger partial charge is 0.508 e. The maximum atomic E-state index is 14.2. The summed E-state index contributed by atoms with van der Waals surface area (Å²) >= 11 is 0. The molecule has 0 aliphatic carbocycles. The minimum absolute atomic E-state index is 0.0566. The first-order chi connectivity index (χ1) is 36.0. The van der Waals surface area contributed by atoms with Crippen LogP contribution >= 0.6 is 0 Å². The van der Waals surface area contributed by atoms with Gasteiger partial charge in [0, 0.05) is 19.3 Å². The number of phenols is 1. The van der Waals surface area contributed by atoms with E-state index in [-0.39, 0.29) is 61.5 Å². The predicted octanol–water partition coefficient (Wildman–Crippen LogP) is 0.0237. The van der Waals surface area contributed by atoms with Gasteiger partial charge >= 0.3 is 11.9 Å². The Bertz CT molecular complexity index is 2330. The van der Waals surface area contributed by atoms with E-state index in [1.54, 1.807) is 58.0 Å². The molecule has 2 rings (SSSR count). The fraction of sp³-hybridized carbons (Fsp3) is 0.566. The monoisotopic (exact) mass is 1080 g/mol. The molecule has 15 N–H and O–H groups in total. The molecule has 24 nitrogen and oxygen atoms in total. The predicted molar refractivity (Wildman–Crippen MR) is 283 cm³/mol. The van der Waals surface area contributed by atoms with Crippen molar-refractivity contribution in [3.63, 3.8) is 0 Å². The number of aliphatic carboxylic acids is 2. The topological polar surface area (TPSA) is 397 Å². The number of primary amides is 1. The van der Waals surface area contributed by atoms with Crippen LogP contribution in [-0.2, 0) is 65.6 Å².